The van der Waals surface area contributed by atoms with Crippen LogP contribution in [0.25, 0.3) is 0 Å². The summed E-state index contributed by atoms with van der Waals surface area (Å²) >= 11 is 0. The predicted molar refractivity (Wildman–Crippen MR) is 118 cm³/mol. The smallest absolute Gasteiger partial charge is 0.264 e. The van der Waals surface area contributed by atoms with Gasteiger partial charge in [-0.2, -0.15) is 0 Å². The third-order valence-corrected chi connectivity index (χ3v) is 6.26. The Morgan fingerprint density at radius 3 is 2.30 bits per heavy atom. The summed E-state index contributed by atoms with van der Waals surface area (Å²) in [7, 11) is -2.24. The van der Waals surface area contributed by atoms with E-state index in [0.29, 0.717) is 18.0 Å². The summed E-state index contributed by atoms with van der Waals surface area (Å²) in [6.45, 7) is 0.711. The lowest BCUT2D eigenvalue weighted by Crippen LogP contribution is -2.26. The quantitative estimate of drug-likeness (QED) is 0.526. The van der Waals surface area contributed by atoms with Crippen LogP contribution in [0, 0.1) is 0 Å². The molecule has 0 bridgehead atoms. The van der Waals surface area contributed by atoms with Crippen molar-refractivity contribution in [1.29, 1.82) is 0 Å². The Labute approximate surface area is 177 Å². The fourth-order valence-electron chi connectivity index (χ4n) is 2.82. The van der Waals surface area contributed by atoms with Gasteiger partial charge in [-0.25, -0.2) is 8.42 Å². The Bertz CT molecular complexity index is 1070. The first-order valence-corrected chi connectivity index (χ1v) is 11.0. The number of carbonyl (C=O) groups excluding carboxylic acids is 1. The van der Waals surface area contributed by atoms with E-state index < -0.39 is 10.0 Å². The van der Waals surface area contributed by atoms with E-state index in [1.54, 1.807) is 36.4 Å². The molecule has 0 radical (unpaired) electrons. The predicted octanol–water partition coefficient (Wildman–Crippen LogP) is 4.06. The van der Waals surface area contributed by atoms with E-state index >= 15 is 0 Å². The second-order valence-corrected chi connectivity index (χ2v) is 8.64. The monoisotopic (exact) mass is 424 g/mol. The lowest BCUT2D eigenvalue weighted by molar-refractivity contribution is -0.117. The van der Waals surface area contributed by atoms with Crippen molar-refractivity contribution in [3.05, 3.63) is 90.5 Å². The molecule has 0 aromatic heterocycles. The van der Waals surface area contributed by atoms with Gasteiger partial charge < -0.3 is 10.1 Å². The number of anilines is 2. The molecular formula is C23H24N2O4S. The van der Waals surface area contributed by atoms with Crippen LogP contribution in [-0.2, 0) is 26.2 Å². The molecule has 3 aromatic carbocycles. The number of para-hydroxylation sites is 1. The van der Waals surface area contributed by atoms with E-state index in [-0.39, 0.29) is 23.8 Å². The maximum absolute atomic E-state index is 12.9. The Kier molecular flexibility index (Phi) is 7.21. The fraction of sp³-hybridized carbons (Fsp3) is 0.174. The molecule has 0 fully saturated rings. The zero-order valence-corrected chi connectivity index (χ0v) is 17.5. The van der Waals surface area contributed by atoms with Crippen LogP contribution in [-0.4, -0.2) is 28.0 Å². The summed E-state index contributed by atoms with van der Waals surface area (Å²) in [6.07, 6.45) is 0.174. The first kappa shape index (κ1) is 21.5. The van der Waals surface area contributed by atoms with Crippen LogP contribution in [0.2, 0.25) is 0 Å². The summed E-state index contributed by atoms with van der Waals surface area (Å²) in [5.74, 6) is -0.242. The molecule has 0 spiro atoms. The second kappa shape index (κ2) is 10.0. The molecule has 0 saturated carbocycles. The maximum atomic E-state index is 12.9. The molecule has 0 aliphatic carbocycles. The van der Waals surface area contributed by atoms with Crippen molar-refractivity contribution in [2.24, 2.45) is 0 Å². The topological polar surface area (TPSA) is 75.7 Å². The summed E-state index contributed by atoms with van der Waals surface area (Å²) in [6, 6.07) is 24.8. The van der Waals surface area contributed by atoms with Gasteiger partial charge in [-0.15, -0.1) is 0 Å². The minimum atomic E-state index is -3.74. The lowest BCUT2D eigenvalue weighted by Gasteiger charge is -2.19. The van der Waals surface area contributed by atoms with Crippen molar-refractivity contribution < 1.29 is 17.9 Å². The van der Waals surface area contributed by atoms with Gasteiger partial charge in [-0.3, -0.25) is 9.10 Å². The van der Waals surface area contributed by atoms with E-state index in [1.165, 1.54) is 23.5 Å². The number of amides is 1. The number of hydrogen-bond donors (Lipinski definition) is 1. The normalized spacial score (nSPS) is 11.1. The molecule has 7 heteroatoms. The molecule has 0 unspecified atom stereocenters. The standard InChI is InChI=1S/C23H24N2O4S/c1-25(21-12-6-3-7-13-21)30(27,28)22-14-8-11-20(17-22)24-23(26)15-16-29-18-19-9-4-2-5-10-19/h2-14,17H,15-16,18H2,1H3,(H,24,26). The van der Waals surface area contributed by atoms with Gasteiger partial charge in [-0.05, 0) is 35.9 Å². The highest BCUT2D eigenvalue weighted by atomic mass is 32.2. The first-order chi connectivity index (χ1) is 14.5. The first-order valence-electron chi connectivity index (χ1n) is 9.52. The number of nitrogens with zero attached hydrogens (tertiary/aromatic N) is 1. The van der Waals surface area contributed by atoms with Crippen LogP contribution < -0.4 is 9.62 Å². The molecular weight excluding hydrogens is 400 g/mol. The van der Waals surface area contributed by atoms with Gasteiger partial charge in [0.15, 0.2) is 0 Å². The highest BCUT2D eigenvalue weighted by Gasteiger charge is 2.21. The van der Waals surface area contributed by atoms with Gasteiger partial charge in [0.25, 0.3) is 10.0 Å². The van der Waals surface area contributed by atoms with Crippen molar-refractivity contribution in [3.63, 3.8) is 0 Å². The summed E-state index contributed by atoms with van der Waals surface area (Å²) in [4.78, 5) is 12.3. The number of nitrogens with one attached hydrogen (secondary N) is 1. The summed E-state index contributed by atoms with van der Waals surface area (Å²) < 4.78 is 32.6. The Morgan fingerprint density at radius 1 is 0.933 bits per heavy atom. The lowest BCUT2D eigenvalue weighted by atomic mass is 10.2. The molecule has 0 atom stereocenters. The van der Waals surface area contributed by atoms with Crippen molar-refractivity contribution in [3.8, 4) is 0 Å². The average Bonchev–Trinajstić information content (AvgIpc) is 2.77. The maximum Gasteiger partial charge on any atom is 0.264 e. The highest BCUT2D eigenvalue weighted by molar-refractivity contribution is 7.92. The van der Waals surface area contributed by atoms with E-state index in [9.17, 15) is 13.2 Å². The minimum Gasteiger partial charge on any atom is -0.376 e. The molecule has 0 saturated heterocycles. The zero-order valence-electron chi connectivity index (χ0n) is 16.7. The van der Waals surface area contributed by atoms with Crippen molar-refractivity contribution in [1.82, 2.24) is 0 Å². The van der Waals surface area contributed by atoms with E-state index in [0.717, 1.165) is 5.56 Å². The number of carbonyl (C=O) groups is 1. The minimum absolute atomic E-state index is 0.104. The van der Waals surface area contributed by atoms with Crippen LogP contribution in [0.4, 0.5) is 11.4 Å². The van der Waals surface area contributed by atoms with Crippen molar-refractivity contribution in [2.75, 3.05) is 23.3 Å². The second-order valence-electron chi connectivity index (χ2n) is 6.67. The van der Waals surface area contributed by atoms with Crippen LogP contribution in [0.1, 0.15) is 12.0 Å². The van der Waals surface area contributed by atoms with Crippen molar-refractivity contribution in [2.45, 2.75) is 17.9 Å². The van der Waals surface area contributed by atoms with Crippen LogP contribution in [0.3, 0.4) is 0 Å². The van der Waals surface area contributed by atoms with Gasteiger partial charge in [0.2, 0.25) is 5.91 Å². The van der Waals surface area contributed by atoms with Crippen LogP contribution >= 0.6 is 0 Å². The van der Waals surface area contributed by atoms with E-state index in [4.69, 9.17) is 4.74 Å². The third kappa shape index (κ3) is 5.68. The molecule has 3 aromatic rings. The Hall–Kier alpha value is -3.16. The van der Waals surface area contributed by atoms with E-state index in [1.807, 2.05) is 36.4 Å². The van der Waals surface area contributed by atoms with Crippen LogP contribution in [0.15, 0.2) is 89.8 Å². The molecule has 0 heterocycles. The molecule has 156 valence electrons. The molecule has 30 heavy (non-hydrogen) atoms. The van der Waals surface area contributed by atoms with Gasteiger partial charge in [-0.1, -0.05) is 54.6 Å². The molecule has 0 aliphatic rings. The number of rotatable bonds is 9. The van der Waals surface area contributed by atoms with Gasteiger partial charge in [0, 0.05) is 12.7 Å². The van der Waals surface area contributed by atoms with Gasteiger partial charge in [0.05, 0.1) is 30.2 Å². The van der Waals surface area contributed by atoms with Crippen LogP contribution in [0.5, 0.6) is 0 Å². The highest BCUT2D eigenvalue weighted by Crippen LogP contribution is 2.23. The Morgan fingerprint density at radius 2 is 1.60 bits per heavy atom. The summed E-state index contributed by atoms with van der Waals surface area (Å²) in [5, 5.41) is 2.73. The van der Waals surface area contributed by atoms with Gasteiger partial charge >= 0.3 is 0 Å². The molecule has 3 rings (SSSR count). The molecule has 1 N–H and O–H groups in total. The number of hydrogen-bond acceptors (Lipinski definition) is 4. The SMILES string of the molecule is CN(c1ccccc1)S(=O)(=O)c1cccc(NC(=O)CCOCc2ccccc2)c1. The number of sulfonamides is 1. The fourth-order valence-corrected chi connectivity index (χ4v) is 4.06. The molecule has 1 amide bonds. The van der Waals surface area contributed by atoms with E-state index in [2.05, 4.69) is 5.32 Å². The average molecular weight is 425 g/mol. The summed E-state index contributed by atoms with van der Waals surface area (Å²) in [5.41, 5.74) is 2.02. The molecule has 6 nitrogen and oxygen atoms in total. The largest absolute Gasteiger partial charge is 0.376 e. The number of ether oxygens (including phenoxy) is 1. The zero-order chi connectivity index (χ0) is 21.4. The third-order valence-electron chi connectivity index (χ3n) is 4.48. The number of benzene rings is 3. The Balaban J connectivity index is 1.57. The molecule has 0 aliphatic heterocycles. The van der Waals surface area contributed by atoms with Gasteiger partial charge in [0.1, 0.15) is 0 Å². The van der Waals surface area contributed by atoms with Crippen molar-refractivity contribution >= 4 is 27.3 Å².